The highest BCUT2D eigenvalue weighted by Gasteiger charge is 2.18. The van der Waals surface area contributed by atoms with Crippen LogP contribution in [-0.2, 0) is 6.54 Å². The van der Waals surface area contributed by atoms with Gasteiger partial charge in [0.2, 0.25) is 0 Å². The first-order valence-electron chi connectivity index (χ1n) is 13.2. The van der Waals surface area contributed by atoms with Crippen LogP contribution in [0.3, 0.4) is 0 Å². The minimum Gasteiger partial charge on any atom is -0.335 e. The molecule has 0 bridgehead atoms. The van der Waals surface area contributed by atoms with Crippen molar-refractivity contribution in [1.82, 2.24) is 40.0 Å². The second-order valence-electron chi connectivity index (χ2n) is 10.3. The normalized spacial score (nSPS) is 14.4. The van der Waals surface area contributed by atoms with Crippen molar-refractivity contribution in [2.75, 3.05) is 13.1 Å². The van der Waals surface area contributed by atoms with Crippen molar-refractivity contribution in [3.63, 3.8) is 0 Å². The Kier molecular flexibility index (Phi) is 5.85. The molecule has 5 aromatic heterocycles. The van der Waals surface area contributed by atoms with Crippen LogP contribution in [0.4, 0.5) is 4.39 Å². The Balaban J connectivity index is 1.26. The van der Waals surface area contributed by atoms with Gasteiger partial charge < -0.3 is 4.98 Å². The van der Waals surface area contributed by atoms with Crippen molar-refractivity contribution < 1.29 is 4.39 Å². The number of rotatable bonds is 5. The van der Waals surface area contributed by atoms with E-state index in [9.17, 15) is 4.39 Å². The summed E-state index contributed by atoms with van der Waals surface area (Å²) in [6.07, 6.45) is 12.9. The molecule has 1 aliphatic heterocycles. The summed E-state index contributed by atoms with van der Waals surface area (Å²) in [5.74, 6) is 0.318. The molecule has 39 heavy (non-hydrogen) atoms. The van der Waals surface area contributed by atoms with Gasteiger partial charge in [0.05, 0.1) is 34.6 Å². The molecule has 1 saturated heterocycles. The highest BCUT2D eigenvalue weighted by Crippen LogP contribution is 2.32. The van der Waals surface area contributed by atoms with Crippen molar-refractivity contribution in [1.29, 1.82) is 0 Å². The second kappa shape index (κ2) is 9.67. The monoisotopic (exact) mass is 518 g/mol. The largest absolute Gasteiger partial charge is 0.335 e. The van der Waals surface area contributed by atoms with Gasteiger partial charge in [-0.15, -0.1) is 0 Å². The van der Waals surface area contributed by atoms with E-state index < -0.39 is 0 Å². The summed E-state index contributed by atoms with van der Waals surface area (Å²) < 4.78 is 14.2. The third kappa shape index (κ3) is 4.55. The van der Waals surface area contributed by atoms with Crippen molar-refractivity contribution in [2.45, 2.75) is 32.7 Å². The molecule has 1 aromatic carbocycles. The quantitative estimate of drug-likeness (QED) is 0.288. The maximum absolute atomic E-state index is 14.2. The molecular weight excluding hydrogens is 491 g/mol. The Labute approximate surface area is 224 Å². The van der Waals surface area contributed by atoms with E-state index in [0.29, 0.717) is 17.0 Å². The van der Waals surface area contributed by atoms with Gasteiger partial charge in [0, 0.05) is 41.6 Å². The second-order valence-corrected chi connectivity index (χ2v) is 10.3. The number of aromatic amines is 2. The SMILES string of the molecule is Cc1cc(F)cc(-c2cncc3[nH]c(-c4n[nH]c5cnc(-c6cncc(CN7CCCCC7)c6)cc45)nc23)c1. The third-order valence-corrected chi connectivity index (χ3v) is 7.36. The van der Waals surface area contributed by atoms with Crippen LogP contribution in [-0.4, -0.2) is 53.1 Å². The highest BCUT2D eigenvalue weighted by molar-refractivity contribution is 5.97. The van der Waals surface area contributed by atoms with Crippen LogP contribution in [0.5, 0.6) is 0 Å². The summed E-state index contributed by atoms with van der Waals surface area (Å²) in [5, 5.41) is 8.54. The van der Waals surface area contributed by atoms with Gasteiger partial charge in [-0.3, -0.25) is 25.0 Å². The Bertz CT molecular complexity index is 1800. The minimum atomic E-state index is -0.287. The van der Waals surface area contributed by atoms with Crippen LogP contribution in [0.1, 0.15) is 30.4 Å². The number of H-pyrrole nitrogens is 2. The number of pyridine rings is 3. The van der Waals surface area contributed by atoms with Crippen molar-refractivity contribution in [3.05, 3.63) is 78.3 Å². The number of hydrogen-bond donors (Lipinski definition) is 2. The molecule has 194 valence electrons. The zero-order valence-corrected chi connectivity index (χ0v) is 21.6. The summed E-state index contributed by atoms with van der Waals surface area (Å²) in [6.45, 7) is 5.05. The molecule has 7 rings (SSSR count). The third-order valence-electron chi connectivity index (χ3n) is 7.36. The Morgan fingerprint density at radius 2 is 1.74 bits per heavy atom. The van der Waals surface area contributed by atoms with Gasteiger partial charge in [-0.25, -0.2) is 9.37 Å². The van der Waals surface area contributed by atoms with E-state index in [-0.39, 0.29) is 5.82 Å². The lowest BCUT2D eigenvalue weighted by atomic mass is 10.0. The van der Waals surface area contributed by atoms with E-state index in [1.165, 1.54) is 37.0 Å². The molecule has 6 aromatic rings. The van der Waals surface area contributed by atoms with Gasteiger partial charge in [0.15, 0.2) is 5.82 Å². The topological polar surface area (TPSA) is 99.3 Å². The van der Waals surface area contributed by atoms with Gasteiger partial charge in [-0.2, -0.15) is 5.10 Å². The molecule has 6 heterocycles. The van der Waals surface area contributed by atoms with Gasteiger partial charge in [-0.1, -0.05) is 12.5 Å². The number of aromatic nitrogens is 7. The number of aryl methyl sites for hydroxylation is 1. The Morgan fingerprint density at radius 1 is 0.872 bits per heavy atom. The lowest BCUT2D eigenvalue weighted by Crippen LogP contribution is -2.29. The Morgan fingerprint density at radius 3 is 2.62 bits per heavy atom. The average molecular weight is 519 g/mol. The van der Waals surface area contributed by atoms with E-state index in [2.05, 4.69) is 41.1 Å². The molecule has 0 amide bonds. The molecule has 1 fully saturated rings. The minimum absolute atomic E-state index is 0.287. The first-order valence-corrected chi connectivity index (χ1v) is 13.2. The van der Waals surface area contributed by atoms with E-state index in [0.717, 1.165) is 64.0 Å². The van der Waals surface area contributed by atoms with Crippen LogP contribution in [0, 0.1) is 12.7 Å². The summed E-state index contributed by atoms with van der Waals surface area (Å²) >= 11 is 0. The summed E-state index contributed by atoms with van der Waals surface area (Å²) in [4.78, 5) is 24.3. The number of piperidine rings is 1. The van der Waals surface area contributed by atoms with Gasteiger partial charge >= 0.3 is 0 Å². The molecule has 0 aliphatic carbocycles. The zero-order chi connectivity index (χ0) is 26.3. The van der Waals surface area contributed by atoms with Gasteiger partial charge in [0.25, 0.3) is 0 Å². The standard InChI is InChI=1S/C30H27FN8/c1-18-7-20(10-22(31)8-18)24-14-33-15-27-28(24)36-30(35-27)29-23-11-25(34-16-26(23)37-38-29)21-9-19(12-32-13-21)17-39-5-3-2-4-6-39/h7-16H,2-6,17H2,1H3,(H,35,36)(H,37,38). The number of halogens is 1. The van der Waals surface area contributed by atoms with Crippen LogP contribution < -0.4 is 0 Å². The highest BCUT2D eigenvalue weighted by atomic mass is 19.1. The van der Waals surface area contributed by atoms with Crippen molar-refractivity contribution in [3.8, 4) is 33.9 Å². The number of hydrogen-bond acceptors (Lipinski definition) is 6. The summed E-state index contributed by atoms with van der Waals surface area (Å²) in [6, 6.07) is 9.15. The maximum Gasteiger partial charge on any atom is 0.159 e. The van der Waals surface area contributed by atoms with Crippen LogP contribution in [0.2, 0.25) is 0 Å². The fourth-order valence-corrected chi connectivity index (χ4v) is 5.49. The molecule has 0 saturated carbocycles. The Hall–Kier alpha value is -4.50. The van der Waals surface area contributed by atoms with E-state index in [4.69, 9.17) is 4.98 Å². The predicted octanol–water partition coefficient (Wildman–Crippen LogP) is 6.06. The van der Waals surface area contributed by atoms with Crippen LogP contribution in [0.15, 0.2) is 61.3 Å². The molecule has 9 heteroatoms. The zero-order valence-electron chi connectivity index (χ0n) is 21.6. The predicted molar refractivity (Wildman–Crippen MR) is 149 cm³/mol. The molecule has 0 atom stereocenters. The number of fused-ring (bicyclic) bond motifs is 2. The number of benzene rings is 1. The summed E-state index contributed by atoms with van der Waals surface area (Å²) in [7, 11) is 0. The molecule has 8 nitrogen and oxygen atoms in total. The van der Waals surface area contributed by atoms with Gasteiger partial charge in [0.1, 0.15) is 11.5 Å². The average Bonchev–Trinajstić information content (AvgIpc) is 3.57. The van der Waals surface area contributed by atoms with Crippen LogP contribution in [0.25, 0.3) is 55.8 Å². The first kappa shape index (κ1) is 23.6. The molecule has 0 unspecified atom stereocenters. The van der Waals surface area contributed by atoms with E-state index in [1.807, 2.05) is 31.5 Å². The fourth-order valence-electron chi connectivity index (χ4n) is 5.49. The summed E-state index contributed by atoms with van der Waals surface area (Å²) in [5.41, 5.74) is 8.28. The van der Waals surface area contributed by atoms with E-state index in [1.54, 1.807) is 18.6 Å². The van der Waals surface area contributed by atoms with Crippen molar-refractivity contribution in [2.24, 2.45) is 0 Å². The first-order chi connectivity index (χ1) is 19.1. The van der Waals surface area contributed by atoms with E-state index >= 15 is 0 Å². The smallest absolute Gasteiger partial charge is 0.159 e. The molecule has 1 aliphatic rings. The van der Waals surface area contributed by atoms with Crippen LogP contribution >= 0.6 is 0 Å². The lowest BCUT2D eigenvalue weighted by Gasteiger charge is -2.26. The molecule has 0 radical (unpaired) electrons. The maximum atomic E-state index is 14.2. The molecule has 2 N–H and O–H groups in total. The number of nitrogens with one attached hydrogen (secondary N) is 2. The molecule has 0 spiro atoms. The lowest BCUT2D eigenvalue weighted by molar-refractivity contribution is 0.220. The fraction of sp³-hybridized carbons (Fsp3) is 0.233. The number of likely N-dealkylation sites (tertiary alicyclic amines) is 1. The molecular formula is C30H27FN8. The number of nitrogens with zero attached hydrogens (tertiary/aromatic N) is 6. The number of imidazole rings is 1. The van der Waals surface area contributed by atoms with Gasteiger partial charge in [-0.05, 0) is 73.8 Å². The van der Waals surface area contributed by atoms with Crippen molar-refractivity contribution >= 4 is 21.9 Å².